The molecule has 7 nitrogen and oxygen atoms in total. The van der Waals surface area contributed by atoms with Crippen molar-refractivity contribution in [2.24, 2.45) is 0 Å². The maximum atomic E-state index is 12.0. The van der Waals surface area contributed by atoms with Gasteiger partial charge in [-0.05, 0) is 25.3 Å². The summed E-state index contributed by atoms with van der Waals surface area (Å²) in [5.41, 5.74) is 0.125. The Morgan fingerprint density at radius 1 is 1.43 bits per heavy atom. The number of urea groups is 1. The Hall–Kier alpha value is -1.87. The summed E-state index contributed by atoms with van der Waals surface area (Å²) < 4.78 is 5.20. The van der Waals surface area contributed by atoms with E-state index >= 15 is 0 Å². The Balaban J connectivity index is 1.47. The summed E-state index contributed by atoms with van der Waals surface area (Å²) in [5, 5.41) is 10.5. The van der Waals surface area contributed by atoms with Gasteiger partial charge in [0.05, 0.1) is 5.75 Å². The van der Waals surface area contributed by atoms with Gasteiger partial charge in [-0.3, -0.25) is 9.69 Å². The standard InChI is InChI=1S/C14H16N4O3S2/c1-14(2)12(19)18(13(20)16-14)4-6-23-8-10-15-11(17-21-10)9-3-5-22-7-9/h3,5,7H,4,6,8H2,1-2H3,(H,16,20). The van der Waals surface area contributed by atoms with Crippen LogP contribution in [0.25, 0.3) is 11.4 Å². The number of nitrogens with zero attached hydrogens (tertiary/aromatic N) is 3. The topological polar surface area (TPSA) is 88.3 Å². The van der Waals surface area contributed by atoms with Gasteiger partial charge in [0, 0.05) is 23.2 Å². The number of nitrogens with one attached hydrogen (secondary N) is 1. The summed E-state index contributed by atoms with van der Waals surface area (Å²) in [5.74, 6) is 2.09. The van der Waals surface area contributed by atoms with E-state index in [0.717, 1.165) is 5.56 Å². The van der Waals surface area contributed by atoms with Crippen LogP contribution in [0.5, 0.6) is 0 Å². The van der Waals surface area contributed by atoms with Crippen molar-refractivity contribution in [3.05, 3.63) is 22.7 Å². The van der Waals surface area contributed by atoms with Crippen molar-refractivity contribution in [2.75, 3.05) is 12.3 Å². The highest BCUT2D eigenvalue weighted by atomic mass is 32.2. The molecule has 0 aromatic carbocycles. The van der Waals surface area contributed by atoms with Gasteiger partial charge in [-0.1, -0.05) is 5.16 Å². The van der Waals surface area contributed by atoms with E-state index in [9.17, 15) is 9.59 Å². The fourth-order valence-corrected chi connectivity index (χ4v) is 3.54. The van der Waals surface area contributed by atoms with Crippen LogP contribution in [0.3, 0.4) is 0 Å². The second kappa shape index (κ2) is 6.32. The van der Waals surface area contributed by atoms with Crippen LogP contribution in [0, 0.1) is 0 Å². The van der Waals surface area contributed by atoms with Crippen molar-refractivity contribution < 1.29 is 14.1 Å². The lowest BCUT2D eigenvalue weighted by Crippen LogP contribution is -2.40. The van der Waals surface area contributed by atoms with Gasteiger partial charge in [-0.2, -0.15) is 28.1 Å². The lowest BCUT2D eigenvalue weighted by Gasteiger charge is -2.15. The number of amides is 3. The zero-order chi connectivity index (χ0) is 16.4. The first-order valence-electron chi connectivity index (χ1n) is 7.04. The number of hydrogen-bond donors (Lipinski definition) is 1. The molecular weight excluding hydrogens is 336 g/mol. The van der Waals surface area contributed by atoms with E-state index in [1.807, 2.05) is 16.8 Å². The minimum atomic E-state index is -0.816. The Kier molecular flexibility index (Phi) is 4.40. The van der Waals surface area contributed by atoms with Gasteiger partial charge >= 0.3 is 6.03 Å². The fourth-order valence-electron chi connectivity index (χ4n) is 2.16. The van der Waals surface area contributed by atoms with Crippen LogP contribution in [-0.4, -0.2) is 44.8 Å². The SMILES string of the molecule is CC1(C)NC(=O)N(CCSCc2nc(-c3ccsc3)no2)C1=O. The first-order chi connectivity index (χ1) is 11.0. The van der Waals surface area contributed by atoms with Crippen molar-refractivity contribution in [1.82, 2.24) is 20.4 Å². The maximum absolute atomic E-state index is 12.0. The van der Waals surface area contributed by atoms with Crippen LogP contribution in [0.2, 0.25) is 0 Å². The molecule has 23 heavy (non-hydrogen) atoms. The number of hydrogen-bond acceptors (Lipinski definition) is 7. The van der Waals surface area contributed by atoms with E-state index in [-0.39, 0.29) is 11.9 Å². The summed E-state index contributed by atoms with van der Waals surface area (Å²) in [6, 6.07) is 1.60. The minimum absolute atomic E-state index is 0.194. The van der Waals surface area contributed by atoms with Crippen molar-refractivity contribution in [2.45, 2.75) is 25.1 Å². The predicted octanol–water partition coefficient (Wildman–Crippen LogP) is 2.36. The fraction of sp³-hybridized carbons (Fsp3) is 0.429. The Bertz CT molecular complexity index is 711. The third kappa shape index (κ3) is 3.40. The molecule has 0 aliphatic carbocycles. The van der Waals surface area contributed by atoms with Gasteiger partial charge in [-0.15, -0.1) is 0 Å². The molecule has 1 fully saturated rings. The van der Waals surface area contributed by atoms with E-state index in [0.29, 0.717) is 29.8 Å². The lowest BCUT2D eigenvalue weighted by atomic mass is 10.1. The highest BCUT2D eigenvalue weighted by molar-refractivity contribution is 7.98. The van der Waals surface area contributed by atoms with Crippen molar-refractivity contribution in [1.29, 1.82) is 0 Å². The predicted molar refractivity (Wildman–Crippen MR) is 88.1 cm³/mol. The molecule has 9 heteroatoms. The van der Waals surface area contributed by atoms with E-state index < -0.39 is 5.54 Å². The van der Waals surface area contributed by atoms with Crippen molar-refractivity contribution >= 4 is 35.0 Å². The molecule has 122 valence electrons. The maximum Gasteiger partial charge on any atom is 0.325 e. The summed E-state index contributed by atoms with van der Waals surface area (Å²) >= 11 is 3.12. The highest BCUT2D eigenvalue weighted by Crippen LogP contribution is 2.21. The zero-order valence-corrected chi connectivity index (χ0v) is 14.4. The molecule has 3 rings (SSSR count). The Morgan fingerprint density at radius 3 is 2.91 bits per heavy atom. The van der Waals surface area contributed by atoms with Crippen LogP contribution in [-0.2, 0) is 10.5 Å². The average Bonchev–Trinajstić information content (AvgIpc) is 3.19. The van der Waals surface area contributed by atoms with Crippen molar-refractivity contribution in [3.8, 4) is 11.4 Å². The second-order valence-corrected chi connectivity index (χ2v) is 7.47. The molecule has 3 heterocycles. The molecule has 3 amide bonds. The van der Waals surface area contributed by atoms with Gasteiger partial charge < -0.3 is 9.84 Å². The number of thioether (sulfide) groups is 1. The number of carbonyl (C=O) groups excluding carboxylic acids is 2. The normalized spacial score (nSPS) is 16.9. The lowest BCUT2D eigenvalue weighted by molar-refractivity contribution is -0.130. The molecule has 0 saturated carbocycles. The van der Waals surface area contributed by atoms with Crippen LogP contribution < -0.4 is 5.32 Å². The number of aromatic nitrogens is 2. The van der Waals surface area contributed by atoms with E-state index in [1.54, 1.807) is 36.9 Å². The molecule has 0 bridgehead atoms. The molecule has 0 unspecified atom stereocenters. The summed E-state index contributed by atoms with van der Waals surface area (Å²) in [7, 11) is 0. The average molecular weight is 352 g/mol. The number of rotatable bonds is 6. The molecule has 0 radical (unpaired) electrons. The van der Waals surface area contributed by atoms with Crippen LogP contribution >= 0.6 is 23.1 Å². The number of imide groups is 1. The molecule has 1 aliphatic rings. The number of carbonyl (C=O) groups is 2. The van der Waals surface area contributed by atoms with Gasteiger partial charge in [-0.25, -0.2) is 4.79 Å². The van der Waals surface area contributed by atoms with Crippen molar-refractivity contribution in [3.63, 3.8) is 0 Å². The Labute approximate surface area is 141 Å². The molecule has 1 aliphatic heterocycles. The molecule has 0 atom stereocenters. The van der Waals surface area contributed by atoms with Crippen LogP contribution in [0.15, 0.2) is 21.3 Å². The van der Waals surface area contributed by atoms with E-state index in [1.165, 1.54) is 4.90 Å². The summed E-state index contributed by atoms with van der Waals surface area (Å²) in [4.78, 5) is 29.3. The first-order valence-corrected chi connectivity index (χ1v) is 9.14. The summed E-state index contributed by atoms with van der Waals surface area (Å²) in [6.07, 6.45) is 0. The monoisotopic (exact) mass is 352 g/mol. The molecule has 2 aromatic heterocycles. The molecule has 1 N–H and O–H groups in total. The Morgan fingerprint density at radius 2 is 2.26 bits per heavy atom. The first kappa shape index (κ1) is 16.0. The minimum Gasteiger partial charge on any atom is -0.338 e. The van der Waals surface area contributed by atoms with Gasteiger partial charge in [0.1, 0.15) is 5.54 Å². The van der Waals surface area contributed by atoms with Gasteiger partial charge in [0.15, 0.2) is 0 Å². The third-order valence-electron chi connectivity index (χ3n) is 3.38. The molecule has 2 aromatic rings. The molecule has 1 saturated heterocycles. The molecule has 0 spiro atoms. The third-order valence-corrected chi connectivity index (χ3v) is 4.98. The quantitative estimate of drug-likeness (QED) is 0.634. The van der Waals surface area contributed by atoms with Crippen LogP contribution in [0.1, 0.15) is 19.7 Å². The van der Waals surface area contributed by atoms with Gasteiger partial charge in [0.25, 0.3) is 5.91 Å². The smallest absolute Gasteiger partial charge is 0.325 e. The summed E-state index contributed by atoms with van der Waals surface area (Å²) in [6.45, 7) is 3.76. The van der Waals surface area contributed by atoms with Crippen LogP contribution in [0.4, 0.5) is 4.79 Å². The number of thiophene rings is 1. The second-order valence-electron chi connectivity index (χ2n) is 5.59. The highest BCUT2D eigenvalue weighted by Gasteiger charge is 2.43. The zero-order valence-electron chi connectivity index (χ0n) is 12.7. The van der Waals surface area contributed by atoms with E-state index in [4.69, 9.17) is 4.52 Å². The largest absolute Gasteiger partial charge is 0.338 e. The van der Waals surface area contributed by atoms with E-state index in [2.05, 4.69) is 15.5 Å². The molecular formula is C14H16N4O3S2. The van der Waals surface area contributed by atoms with Gasteiger partial charge in [0.2, 0.25) is 11.7 Å².